The molecule has 0 bridgehead atoms. The molecule has 3 aromatic heterocycles. The predicted octanol–water partition coefficient (Wildman–Crippen LogP) is 9.50. The number of allylic oxidation sites excluding steroid dienone is 1. The molecule has 3 aromatic carbocycles. The number of aliphatic imine (C=N–C) groups is 1. The highest BCUT2D eigenvalue weighted by molar-refractivity contribution is 6.10. The highest BCUT2D eigenvalue weighted by Crippen LogP contribution is 2.37. The lowest BCUT2D eigenvalue weighted by molar-refractivity contribution is 1.05. The van der Waals surface area contributed by atoms with Gasteiger partial charge in [0.2, 0.25) is 0 Å². The Hall–Kier alpha value is -5.48. The molecule has 0 N–H and O–H groups in total. The molecule has 1 aliphatic rings. The first-order chi connectivity index (χ1) is 21.1. The van der Waals surface area contributed by atoms with Crippen LogP contribution in [0.25, 0.3) is 39.2 Å². The number of rotatable bonds is 6. The van der Waals surface area contributed by atoms with Gasteiger partial charge < -0.3 is 0 Å². The Morgan fingerprint density at radius 2 is 1.28 bits per heavy atom. The van der Waals surface area contributed by atoms with E-state index in [9.17, 15) is 0 Å². The zero-order valence-electron chi connectivity index (χ0n) is 24.1. The molecule has 0 radical (unpaired) electrons. The van der Waals surface area contributed by atoms with Crippen molar-refractivity contribution in [3.05, 3.63) is 162 Å². The van der Waals surface area contributed by atoms with E-state index in [0.717, 1.165) is 56.3 Å². The molecule has 4 nitrogen and oxygen atoms in total. The van der Waals surface area contributed by atoms with Gasteiger partial charge in [0.25, 0.3) is 0 Å². The Balaban J connectivity index is 1.38. The third-order valence-electron chi connectivity index (χ3n) is 8.05. The Bertz CT molecular complexity index is 1930. The molecule has 0 saturated carbocycles. The first kappa shape index (κ1) is 26.4. The molecule has 1 aliphatic heterocycles. The van der Waals surface area contributed by atoms with Gasteiger partial charge >= 0.3 is 0 Å². The van der Waals surface area contributed by atoms with Crippen LogP contribution >= 0.6 is 0 Å². The summed E-state index contributed by atoms with van der Waals surface area (Å²) >= 11 is 0. The Morgan fingerprint density at radius 3 is 1.95 bits per heavy atom. The fourth-order valence-electron chi connectivity index (χ4n) is 5.74. The quantitative estimate of drug-likeness (QED) is 0.206. The normalized spacial score (nSPS) is 14.3. The molecule has 1 atom stereocenters. The number of aromatic nitrogens is 3. The van der Waals surface area contributed by atoms with Gasteiger partial charge in [-0.05, 0) is 101 Å². The number of benzene rings is 3. The smallest absolute Gasteiger partial charge is 0.155 e. The molecule has 0 saturated heterocycles. The standard InChI is InChI=1S/C39H30N4/c1-26-11-3-4-14-33(26)35(25-38-27(2)34-15-10-20-42-39(34)43-38)29-13-9-12-28(21-29)30-22-31(36-16-5-7-18-40-36)24-32(23-30)37-17-6-8-19-41-37/h3-25,27H,1-2H3/b35-25-. The third-order valence-corrected chi connectivity index (χ3v) is 8.05. The second kappa shape index (κ2) is 11.4. The van der Waals surface area contributed by atoms with Gasteiger partial charge in [0.05, 0.1) is 17.1 Å². The zero-order valence-corrected chi connectivity index (χ0v) is 24.1. The number of nitrogens with zero attached hydrogens (tertiary/aromatic N) is 4. The van der Waals surface area contributed by atoms with E-state index in [1.165, 1.54) is 16.7 Å². The summed E-state index contributed by atoms with van der Waals surface area (Å²) in [5.41, 5.74) is 13.1. The zero-order chi connectivity index (χ0) is 29.2. The lowest BCUT2D eigenvalue weighted by atomic mass is 9.88. The summed E-state index contributed by atoms with van der Waals surface area (Å²) in [6.07, 6.45) is 7.73. The van der Waals surface area contributed by atoms with E-state index < -0.39 is 0 Å². The van der Waals surface area contributed by atoms with Crippen molar-refractivity contribution in [3.8, 4) is 33.6 Å². The molecule has 6 aromatic rings. The summed E-state index contributed by atoms with van der Waals surface area (Å²) in [7, 11) is 0. The second-order valence-electron chi connectivity index (χ2n) is 10.9. The fraction of sp³-hybridized carbons (Fsp3) is 0.0769. The van der Waals surface area contributed by atoms with E-state index >= 15 is 0 Å². The SMILES string of the molecule is Cc1ccccc1/C(=C\C1=Nc2ncccc2C1C)c1cccc(-c2cc(-c3ccccn3)cc(-c3ccccn3)c2)c1. The molecule has 4 heterocycles. The number of aryl methyl sites for hydroxylation is 1. The van der Waals surface area contributed by atoms with Crippen molar-refractivity contribution in [1.29, 1.82) is 0 Å². The summed E-state index contributed by atoms with van der Waals surface area (Å²) in [5, 5.41) is 0. The van der Waals surface area contributed by atoms with Crippen molar-refractivity contribution in [2.24, 2.45) is 4.99 Å². The molecule has 43 heavy (non-hydrogen) atoms. The van der Waals surface area contributed by atoms with Gasteiger partial charge in [-0.1, -0.05) is 67.6 Å². The first-order valence-electron chi connectivity index (χ1n) is 14.5. The Kier molecular flexibility index (Phi) is 7.02. The first-order valence-corrected chi connectivity index (χ1v) is 14.5. The minimum Gasteiger partial charge on any atom is -0.256 e. The molecule has 0 amide bonds. The summed E-state index contributed by atoms with van der Waals surface area (Å²) < 4.78 is 0. The van der Waals surface area contributed by atoms with Crippen LogP contribution in [0.3, 0.4) is 0 Å². The van der Waals surface area contributed by atoms with Crippen LogP contribution in [0.5, 0.6) is 0 Å². The van der Waals surface area contributed by atoms with Crippen LogP contribution < -0.4 is 0 Å². The van der Waals surface area contributed by atoms with Crippen molar-refractivity contribution in [3.63, 3.8) is 0 Å². The van der Waals surface area contributed by atoms with Crippen LogP contribution in [0.2, 0.25) is 0 Å². The Labute approximate surface area is 252 Å². The Morgan fingerprint density at radius 1 is 0.605 bits per heavy atom. The van der Waals surface area contributed by atoms with Gasteiger partial charge in [-0.25, -0.2) is 9.98 Å². The number of fused-ring (bicyclic) bond motifs is 1. The van der Waals surface area contributed by atoms with Crippen LogP contribution in [-0.4, -0.2) is 20.7 Å². The maximum Gasteiger partial charge on any atom is 0.155 e. The van der Waals surface area contributed by atoms with Gasteiger partial charge in [-0.15, -0.1) is 0 Å². The monoisotopic (exact) mass is 554 g/mol. The molecule has 7 rings (SSSR count). The van der Waals surface area contributed by atoms with Crippen LogP contribution in [0, 0.1) is 6.92 Å². The van der Waals surface area contributed by atoms with Crippen molar-refractivity contribution in [1.82, 2.24) is 15.0 Å². The maximum absolute atomic E-state index is 4.94. The largest absolute Gasteiger partial charge is 0.256 e. The minimum atomic E-state index is 0.168. The van der Waals surface area contributed by atoms with E-state index in [-0.39, 0.29) is 5.92 Å². The maximum atomic E-state index is 4.94. The van der Waals surface area contributed by atoms with Gasteiger partial charge in [0, 0.05) is 41.2 Å². The molecular weight excluding hydrogens is 524 g/mol. The summed E-state index contributed by atoms with van der Waals surface area (Å²) in [5.74, 6) is 0.981. The van der Waals surface area contributed by atoms with Crippen LogP contribution in [0.15, 0.2) is 145 Å². The fourth-order valence-corrected chi connectivity index (χ4v) is 5.74. The molecule has 0 spiro atoms. The number of hydrogen-bond acceptors (Lipinski definition) is 4. The third kappa shape index (κ3) is 5.31. The number of pyridine rings is 3. The van der Waals surface area contributed by atoms with Crippen molar-refractivity contribution in [2.45, 2.75) is 19.8 Å². The second-order valence-corrected chi connectivity index (χ2v) is 10.9. The molecule has 0 aliphatic carbocycles. The summed E-state index contributed by atoms with van der Waals surface area (Å²) in [4.78, 5) is 18.8. The summed E-state index contributed by atoms with van der Waals surface area (Å²) in [6.45, 7) is 4.37. The minimum absolute atomic E-state index is 0.168. The molecular formula is C39H30N4. The molecule has 4 heteroatoms. The molecule has 206 valence electrons. The predicted molar refractivity (Wildman–Crippen MR) is 176 cm³/mol. The van der Waals surface area contributed by atoms with E-state index in [0.29, 0.717) is 0 Å². The van der Waals surface area contributed by atoms with Crippen LogP contribution in [0.1, 0.15) is 35.1 Å². The van der Waals surface area contributed by atoms with Gasteiger partial charge in [0.15, 0.2) is 5.82 Å². The molecule has 0 fully saturated rings. The lowest BCUT2D eigenvalue weighted by Crippen LogP contribution is -2.03. The van der Waals surface area contributed by atoms with E-state index in [1.807, 2.05) is 61.1 Å². The van der Waals surface area contributed by atoms with Crippen molar-refractivity contribution >= 4 is 17.1 Å². The highest BCUT2D eigenvalue weighted by atomic mass is 14.9. The van der Waals surface area contributed by atoms with Crippen molar-refractivity contribution < 1.29 is 0 Å². The van der Waals surface area contributed by atoms with Crippen LogP contribution in [0.4, 0.5) is 5.82 Å². The summed E-state index contributed by atoms with van der Waals surface area (Å²) in [6, 6.07) is 40.1. The van der Waals surface area contributed by atoms with Gasteiger partial charge in [-0.3, -0.25) is 9.97 Å². The van der Waals surface area contributed by atoms with E-state index in [4.69, 9.17) is 4.99 Å². The topological polar surface area (TPSA) is 51.0 Å². The average Bonchev–Trinajstić information content (AvgIpc) is 3.39. The van der Waals surface area contributed by atoms with Crippen molar-refractivity contribution in [2.75, 3.05) is 0 Å². The average molecular weight is 555 g/mol. The lowest BCUT2D eigenvalue weighted by Gasteiger charge is -2.15. The van der Waals surface area contributed by atoms with E-state index in [1.54, 1.807) is 0 Å². The van der Waals surface area contributed by atoms with Gasteiger partial charge in [-0.2, -0.15) is 0 Å². The van der Waals surface area contributed by atoms with Gasteiger partial charge in [0.1, 0.15) is 0 Å². The van der Waals surface area contributed by atoms with Crippen LogP contribution in [-0.2, 0) is 0 Å². The highest BCUT2D eigenvalue weighted by Gasteiger charge is 2.23. The van der Waals surface area contributed by atoms with E-state index in [2.05, 4.69) is 108 Å². The number of hydrogen-bond donors (Lipinski definition) is 0. The molecule has 1 unspecified atom stereocenters.